The minimum absolute atomic E-state index is 0.0129. The second kappa shape index (κ2) is 40.2. The van der Waals surface area contributed by atoms with Crippen molar-refractivity contribution in [1.29, 1.82) is 0 Å². The standard InChI is InChI=1S/C70H103N13O17/c1-40(2)32-49(77-55(85)37-73-64(93)53(34-47-28-22-18-23-29-47)83(16)66(95)44(7)75-58(87)43(6)76-68(97)100-70(12,13)14)62(91)74-42(5)59(88)81-57(41(3)4)65(94)78-50(33-46-26-20-17-21-27-46)63(92)79-51(35-56(86)98-38-48-30-24-19-25-31-48)67(96)82(15)45(8)60(89)80-52(39-99-69(9,10)11)61(90)72-36-54(71)84/h17-31,40-45,49-53,57H,32-39H2,1-16H3,(H2,71,84)(H,72,90)(H,73,93)(H,74,91)(H,75,87)(H,76,97)(H,77,85)(H,78,94)(H,79,92)(H,80,89)(H,81,88)/t42-,43-,44-,45-,49-,50-,51-,52-,53-,57-/m0/s1. The van der Waals surface area contributed by atoms with Crippen molar-refractivity contribution in [2.24, 2.45) is 17.6 Å². The van der Waals surface area contributed by atoms with E-state index in [1.807, 2.05) is 0 Å². The SMILES string of the molecule is CC(C)C[C@H](NC(=O)CNC(=O)[C@H](Cc1ccccc1)N(C)C(=O)[C@H](C)NC(=O)[C@H](C)NC(=O)OC(C)(C)C)C(=O)N[C@@H](C)C(=O)N[C@H](C(=O)N[C@@H](Cc1ccccc1)C(=O)N[C@@H](CC(=O)OCc1ccccc1)C(=O)N(C)[C@@H](C)C(=O)N[C@@H](COC(C)(C)C)C(=O)NCC(N)=O)C(C)C. The van der Waals surface area contributed by atoms with Gasteiger partial charge in [0.1, 0.15) is 72.6 Å². The van der Waals surface area contributed by atoms with Crippen molar-refractivity contribution in [3.63, 3.8) is 0 Å². The van der Waals surface area contributed by atoms with E-state index < -0.39 is 180 Å². The number of hydrogen-bond donors (Lipinski definition) is 11. The van der Waals surface area contributed by atoms with Crippen LogP contribution in [0.15, 0.2) is 91.0 Å². The largest absolute Gasteiger partial charge is 0.461 e. The molecule has 0 aliphatic rings. The monoisotopic (exact) mass is 1400 g/mol. The summed E-state index contributed by atoms with van der Waals surface area (Å²) in [4.78, 5) is 193. The first-order chi connectivity index (χ1) is 46.7. The number of carbonyl (C=O) groups excluding carboxylic acids is 14. The Morgan fingerprint density at radius 3 is 1.48 bits per heavy atom. The number of likely N-dealkylation sites (N-methyl/N-ethyl adjacent to an activating group) is 2. The predicted octanol–water partition coefficient (Wildman–Crippen LogP) is 0.861. The lowest BCUT2D eigenvalue weighted by Crippen LogP contribution is -2.61. The van der Waals surface area contributed by atoms with Crippen LogP contribution < -0.4 is 58.9 Å². The van der Waals surface area contributed by atoms with Crippen molar-refractivity contribution >= 4 is 82.9 Å². The van der Waals surface area contributed by atoms with E-state index in [9.17, 15) is 67.1 Å². The van der Waals surface area contributed by atoms with Crippen molar-refractivity contribution in [1.82, 2.24) is 63.0 Å². The molecule has 100 heavy (non-hydrogen) atoms. The Bertz CT molecular complexity index is 3290. The molecule has 0 aromatic heterocycles. The van der Waals surface area contributed by atoms with Crippen molar-refractivity contribution in [2.45, 2.75) is 201 Å². The number of benzene rings is 3. The summed E-state index contributed by atoms with van der Waals surface area (Å²) in [5.41, 5.74) is 5.42. The molecule has 0 aliphatic heterocycles. The van der Waals surface area contributed by atoms with E-state index in [1.165, 1.54) is 41.8 Å². The Morgan fingerprint density at radius 2 is 0.950 bits per heavy atom. The topological polar surface area (TPSA) is 419 Å². The summed E-state index contributed by atoms with van der Waals surface area (Å²) in [7, 11) is 2.59. The summed E-state index contributed by atoms with van der Waals surface area (Å²) in [5.74, 6) is -11.8. The highest BCUT2D eigenvalue weighted by molar-refractivity contribution is 6.00. The average Bonchev–Trinajstić information content (AvgIpc) is 0.845. The smallest absolute Gasteiger partial charge is 0.408 e. The van der Waals surface area contributed by atoms with Crippen LogP contribution >= 0.6 is 0 Å². The number of amides is 13. The number of esters is 1. The van der Waals surface area contributed by atoms with Crippen LogP contribution in [0.25, 0.3) is 0 Å². The van der Waals surface area contributed by atoms with E-state index in [0.29, 0.717) is 16.7 Å². The highest BCUT2D eigenvalue weighted by Gasteiger charge is 2.38. The molecule has 3 rings (SSSR count). The Balaban J connectivity index is 1.84. The minimum Gasteiger partial charge on any atom is -0.461 e. The summed E-state index contributed by atoms with van der Waals surface area (Å²) < 4.78 is 16.5. The number of ether oxygens (including phenoxy) is 3. The first-order valence-electron chi connectivity index (χ1n) is 33.1. The van der Waals surface area contributed by atoms with Gasteiger partial charge in [-0.1, -0.05) is 119 Å². The molecule has 550 valence electrons. The molecule has 0 saturated carbocycles. The quantitative estimate of drug-likeness (QED) is 0.0357. The summed E-state index contributed by atoms with van der Waals surface area (Å²) in [5, 5.41) is 25.5. The lowest BCUT2D eigenvalue weighted by Gasteiger charge is -2.31. The van der Waals surface area contributed by atoms with Gasteiger partial charge in [0, 0.05) is 26.9 Å². The van der Waals surface area contributed by atoms with Crippen LogP contribution in [0.4, 0.5) is 4.79 Å². The molecule has 0 aliphatic carbocycles. The van der Waals surface area contributed by atoms with Crippen LogP contribution in [0.3, 0.4) is 0 Å². The number of hydrogen-bond acceptors (Lipinski definition) is 17. The van der Waals surface area contributed by atoms with Crippen molar-refractivity contribution < 1.29 is 81.3 Å². The minimum atomic E-state index is -1.74. The number of nitrogens with two attached hydrogens (primary N) is 1. The van der Waals surface area contributed by atoms with Crippen LogP contribution in [0.1, 0.15) is 126 Å². The number of nitrogens with zero attached hydrogens (tertiary/aromatic N) is 2. The summed E-state index contributed by atoms with van der Waals surface area (Å²) >= 11 is 0. The third kappa shape index (κ3) is 30.4. The molecular weight excluding hydrogens is 1290 g/mol. The lowest BCUT2D eigenvalue weighted by molar-refractivity contribution is -0.150. The highest BCUT2D eigenvalue weighted by atomic mass is 16.6. The van der Waals surface area contributed by atoms with Gasteiger partial charge in [0.2, 0.25) is 70.9 Å². The Hall–Kier alpha value is -10.00. The van der Waals surface area contributed by atoms with Crippen molar-refractivity contribution in [2.75, 3.05) is 33.8 Å². The molecule has 13 amide bonds. The van der Waals surface area contributed by atoms with Crippen molar-refractivity contribution in [3.8, 4) is 0 Å². The normalized spacial score (nSPS) is 14.3. The fourth-order valence-corrected chi connectivity index (χ4v) is 9.55. The molecule has 0 fully saturated rings. The zero-order valence-corrected chi connectivity index (χ0v) is 60.2. The third-order valence-electron chi connectivity index (χ3n) is 15.2. The van der Waals surface area contributed by atoms with E-state index in [0.717, 1.165) is 9.80 Å². The zero-order chi connectivity index (χ0) is 75.4. The van der Waals surface area contributed by atoms with E-state index in [1.54, 1.807) is 160 Å². The van der Waals surface area contributed by atoms with Gasteiger partial charge in [0.05, 0.1) is 31.7 Å². The molecule has 3 aromatic carbocycles. The second-order valence-electron chi connectivity index (χ2n) is 27.1. The van der Waals surface area contributed by atoms with E-state index in [4.69, 9.17) is 19.9 Å². The lowest BCUT2D eigenvalue weighted by atomic mass is 10.00. The van der Waals surface area contributed by atoms with Gasteiger partial charge >= 0.3 is 12.1 Å². The molecule has 0 spiro atoms. The third-order valence-corrected chi connectivity index (χ3v) is 15.2. The molecule has 0 saturated heterocycles. The first-order valence-corrected chi connectivity index (χ1v) is 33.1. The zero-order valence-electron chi connectivity index (χ0n) is 60.2. The Kier molecular flexibility index (Phi) is 33.8. The van der Waals surface area contributed by atoms with Crippen LogP contribution in [0, 0.1) is 11.8 Å². The molecular formula is C70H103N13O17. The molecule has 3 aromatic rings. The molecule has 12 N–H and O–H groups in total. The number of rotatable bonds is 37. The Morgan fingerprint density at radius 1 is 0.460 bits per heavy atom. The van der Waals surface area contributed by atoms with Gasteiger partial charge in [0.15, 0.2) is 0 Å². The maximum atomic E-state index is 14.7. The molecule has 30 nitrogen and oxygen atoms in total. The maximum Gasteiger partial charge on any atom is 0.408 e. The number of nitrogens with one attached hydrogen (secondary N) is 10. The molecule has 0 radical (unpaired) electrons. The molecule has 0 unspecified atom stereocenters. The number of alkyl carbamates (subject to hydrolysis) is 1. The summed E-state index contributed by atoms with van der Waals surface area (Å²) in [6.45, 7) is 20.6. The van der Waals surface area contributed by atoms with Gasteiger partial charge in [-0.3, -0.25) is 62.3 Å². The second-order valence-corrected chi connectivity index (χ2v) is 27.1. The maximum absolute atomic E-state index is 14.7. The predicted molar refractivity (Wildman–Crippen MR) is 369 cm³/mol. The van der Waals surface area contributed by atoms with Gasteiger partial charge in [-0.05, 0) is 104 Å². The van der Waals surface area contributed by atoms with Gasteiger partial charge in [0.25, 0.3) is 0 Å². The van der Waals surface area contributed by atoms with E-state index >= 15 is 0 Å². The van der Waals surface area contributed by atoms with E-state index in [-0.39, 0.29) is 38.4 Å². The fourth-order valence-electron chi connectivity index (χ4n) is 9.55. The van der Waals surface area contributed by atoms with Gasteiger partial charge in [-0.2, -0.15) is 0 Å². The van der Waals surface area contributed by atoms with E-state index in [2.05, 4.69) is 53.2 Å². The van der Waals surface area contributed by atoms with Crippen molar-refractivity contribution in [3.05, 3.63) is 108 Å². The molecule has 30 heteroatoms. The number of primary amides is 1. The highest BCUT2D eigenvalue weighted by Crippen LogP contribution is 2.16. The number of carbonyl (C=O) groups is 14. The molecule has 0 bridgehead atoms. The molecule has 10 atom stereocenters. The van der Waals surface area contributed by atoms with Gasteiger partial charge in [-0.15, -0.1) is 0 Å². The average molecular weight is 1400 g/mol. The van der Waals surface area contributed by atoms with Crippen LogP contribution in [0.2, 0.25) is 0 Å². The van der Waals surface area contributed by atoms with Gasteiger partial charge in [-0.25, -0.2) is 4.79 Å². The fraction of sp³-hybridized carbons (Fsp3) is 0.543. The van der Waals surface area contributed by atoms with Gasteiger partial charge < -0.3 is 82.9 Å². The Labute approximate surface area is 584 Å². The molecule has 0 heterocycles. The first kappa shape index (κ1) is 84.2. The van der Waals surface area contributed by atoms with Crippen LogP contribution in [-0.2, 0) is 96.0 Å². The van der Waals surface area contributed by atoms with Crippen LogP contribution in [0.5, 0.6) is 0 Å². The van der Waals surface area contributed by atoms with Crippen LogP contribution in [-0.4, -0.2) is 198 Å². The summed E-state index contributed by atoms with van der Waals surface area (Å²) in [6.07, 6.45) is -1.76. The summed E-state index contributed by atoms with van der Waals surface area (Å²) in [6, 6.07) is 12.3.